The van der Waals surface area contributed by atoms with Crippen molar-refractivity contribution in [1.82, 2.24) is 0 Å². The first kappa shape index (κ1) is 12.7. The minimum atomic E-state index is -0.975. The van der Waals surface area contributed by atoms with Crippen LogP contribution in [0.3, 0.4) is 0 Å². The predicted octanol–water partition coefficient (Wildman–Crippen LogP) is -0.460. The number of rotatable bonds is 6. The molecule has 1 atom stereocenters. The number of carboxylic acid groups (broad SMARTS) is 1. The van der Waals surface area contributed by atoms with Gasteiger partial charge in [-0.05, 0) is 18.9 Å². The maximum absolute atomic E-state index is 10.6. The van der Waals surface area contributed by atoms with Gasteiger partial charge in [0.1, 0.15) is 13.1 Å². The fourth-order valence-corrected chi connectivity index (χ4v) is 1.87. The quantitative estimate of drug-likeness (QED) is 0.706. The highest BCUT2D eigenvalue weighted by molar-refractivity contribution is 5.65. The van der Waals surface area contributed by atoms with Crippen molar-refractivity contribution in [3.8, 4) is 0 Å². The molecule has 0 aliphatic rings. The van der Waals surface area contributed by atoms with E-state index in [0.717, 1.165) is 24.4 Å². The molecule has 0 heterocycles. The molecule has 1 unspecified atom stereocenters. The van der Waals surface area contributed by atoms with Crippen LogP contribution in [-0.2, 0) is 11.3 Å². The standard InChI is InChI=1S/C13H19NO2/c1-3-8-14(10-13(15)16)9-12-7-5-4-6-11(12)2/h4-7H,3,8-10H2,1-2H3,(H,15,16). The first-order valence-electron chi connectivity index (χ1n) is 5.71. The Morgan fingerprint density at radius 1 is 1.38 bits per heavy atom. The second-order valence-electron chi connectivity index (χ2n) is 4.15. The van der Waals surface area contributed by atoms with Crippen molar-refractivity contribution in [2.75, 3.05) is 13.1 Å². The number of hydrogen-bond acceptors (Lipinski definition) is 2. The van der Waals surface area contributed by atoms with Gasteiger partial charge in [-0.15, -0.1) is 0 Å². The molecule has 0 bridgehead atoms. The molecule has 0 amide bonds. The number of benzene rings is 1. The normalized spacial score (nSPS) is 12.4. The van der Waals surface area contributed by atoms with Gasteiger partial charge in [0.25, 0.3) is 0 Å². The highest BCUT2D eigenvalue weighted by atomic mass is 16.4. The van der Waals surface area contributed by atoms with E-state index < -0.39 is 5.97 Å². The summed E-state index contributed by atoms with van der Waals surface area (Å²) in [6.45, 7) is 5.82. The van der Waals surface area contributed by atoms with Gasteiger partial charge in [-0.3, -0.25) is 0 Å². The predicted molar refractivity (Wildman–Crippen MR) is 60.9 cm³/mol. The Balaban J connectivity index is 2.67. The molecule has 0 aliphatic heterocycles. The van der Waals surface area contributed by atoms with Gasteiger partial charge in [-0.2, -0.15) is 0 Å². The van der Waals surface area contributed by atoms with Gasteiger partial charge in [0.05, 0.1) is 12.5 Å². The molecule has 0 aliphatic carbocycles. The summed E-state index contributed by atoms with van der Waals surface area (Å²) in [6.07, 6.45) is 0.981. The minimum Gasteiger partial charge on any atom is -0.544 e. The van der Waals surface area contributed by atoms with E-state index in [1.165, 1.54) is 11.1 Å². The third-order valence-corrected chi connectivity index (χ3v) is 2.70. The number of aliphatic carboxylic acids is 1. The van der Waals surface area contributed by atoms with Gasteiger partial charge in [0.15, 0.2) is 0 Å². The summed E-state index contributed by atoms with van der Waals surface area (Å²) in [7, 11) is 0. The summed E-state index contributed by atoms with van der Waals surface area (Å²) in [6, 6.07) is 8.10. The fourth-order valence-electron chi connectivity index (χ4n) is 1.87. The third-order valence-electron chi connectivity index (χ3n) is 2.70. The molecule has 0 saturated heterocycles. The van der Waals surface area contributed by atoms with Crippen molar-refractivity contribution in [2.24, 2.45) is 0 Å². The van der Waals surface area contributed by atoms with E-state index in [0.29, 0.717) is 0 Å². The zero-order valence-electron chi connectivity index (χ0n) is 9.95. The average molecular weight is 221 g/mol. The van der Waals surface area contributed by atoms with Gasteiger partial charge in [-0.25, -0.2) is 0 Å². The minimum absolute atomic E-state index is 0.0855. The van der Waals surface area contributed by atoms with Crippen LogP contribution < -0.4 is 10.0 Å². The van der Waals surface area contributed by atoms with Gasteiger partial charge >= 0.3 is 0 Å². The molecular weight excluding hydrogens is 202 g/mol. The van der Waals surface area contributed by atoms with E-state index in [2.05, 4.69) is 26.0 Å². The molecule has 1 rings (SSSR count). The van der Waals surface area contributed by atoms with Crippen LogP contribution in [0.15, 0.2) is 24.3 Å². The highest BCUT2D eigenvalue weighted by Gasteiger charge is 2.09. The summed E-state index contributed by atoms with van der Waals surface area (Å²) < 4.78 is 0. The SMILES string of the molecule is CCC[NH+](CC(=O)[O-])Cc1ccccc1C. The first-order chi connectivity index (χ1) is 7.63. The molecule has 1 aromatic carbocycles. The molecule has 0 saturated carbocycles. The van der Waals surface area contributed by atoms with E-state index in [9.17, 15) is 9.90 Å². The lowest BCUT2D eigenvalue weighted by molar-refractivity contribution is -0.908. The zero-order chi connectivity index (χ0) is 12.0. The van der Waals surface area contributed by atoms with Crippen LogP contribution in [0.25, 0.3) is 0 Å². The number of quaternary nitrogens is 1. The molecule has 0 aromatic heterocycles. The average Bonchev–Trinajstić information content (AvgIpc) is 2.21. The molecule has 1 N–H and O–H groups in total. The Morgan fingerprint density at radius 2 is 2.06 bits per heavy atom. The van der Waals surface area contributed by atoms with E-state index in [1.54, 1.807) is 0 Å². The molecule has 3 heteroatoms. The summed E-state index contributed by atoms with van der Waals surface area (Å²) >= 11 is 0. The number of nitrogens with one attached hydrogen (secondary N) is 1. The van der Waals surface area contributed by atoms with Crippen LogP contribution in [0.4, 0.5) is 0 Å². The van der Waals surface area contributed by atoms with Crippen molar-refractivity contribution in [3.63, 3.8) is 0 Å². The van der Waals surface area contributed by atoms with Crippen LogP contribution in [-0.4, -0.2) is 19.1 Å². The Bertz CT molecular complexity index is 350. The van der Waals surface area contributed by atoms with E-state index >= 15 is 0 Å². The van der Waals surface area contributed by atoms with Crippen LogP contribution in [0.1, 0.15) is 24.5 Å². The van der Waals surface area contributed by atoms with E-state index in [4.69, 9.17) is 0 Å². The van der Waals surface area contributed by atoms with Crippen molar-refractivity contribution in [3.05, 3.63) is 35.4 Å². The lowest BCUT2D eigenvalue weighted by atomic mass is 10.1. The van der Waals surface area contributed by atoms with Crippen molar-refractivity contribution >= 4 is 5.97 Å². The molecular formula is C13H19NO2. The second kappa shape index (κ2) is 6.28. The molecule has 88 valence electrons. The smallest absolute Gasteiger partial charge is 0.118 e. The van der Waals surface area contributed by atoms with Crippen LogP contribution in [0.2, 0.25) is 0 Å². The van der Waals surface area contributed by atoms with Crippen molar-refractivity contribution in [2.45, 2.75) is 26.8 Å². The summed E-state index contributed by atoms with van der Waals surface area (Å²) in [5, 5.41) is 10.6. The summed E-state index contributed by atoms with van der Waals surface area (Å²) in [4.78, 5) is 11.7. The zero-order valence-corrected chi connectivity index (χ0v) is 9.95. The van der Waals surface area contributed by atoms with Crippen molar-refractivity contribution < 1.29 is 14.8 Å². The third kappa shape index (κ3) is 4.03. The molecule has 0 spiro atoms. The number of carboxylic acids is 1. The van der Waals surface area contributed by atoms with Crippen LogP contribution in [0.5, 0.6) is 0 Å². The Kier molecular flexibility index (Phi) is 4.99. The van der Waals surface area contributed by atoms with Crippen LogP contribution >= 0.6 is 0 Å². The molecule has 16 heavy (non-hydrogen) atoms. The van der Waals surface area contributed by atoms with Crippen molar-refractivity contribution in [1.29, 1.82) is 0 Å². The first-order valence-corrected chi connectivity index (χ1v) is 5.71. The molecule has 0 radical (unpaired) electrons. The van der Waals surface area contributed by atoms with E-state index in [-0.39, 0.29) is 6.54 Å². The number of hydrogen-bond donors (Lipinski definition) is 1. The van der Waals surface area contributed by atoms with Gasteiger partial charge in [0.2, 0.25) is 0 Å². The number of carbonyl (C=O) groups excluding carboxylic acids is 1. The highest BCUT2D eigenvalue weighted by Crippen LogP contribution is 2.04. The maximum atomic E-state index is 10.6. The second-order valence-corrected chi connectivity index (χ2v) is 4.15. The summed E-state index contributed by atoms with van der Waals surface area (Å²) in [5.74, 6) is -0.975. The van der Waals surface area contributed by atoms with E-state index in [1.807, 2.05) is 12.1 Å². The fraction of sp³-hybridized carbons (Fsp3) is 0.462. The lowest BCUT2D eigenvalue weighted by Crippen LogP contribution is -3.12. The monoisotopic (exact) mass is 221 g/mol. The summed E-state index contributed by atoms with van der Waals surface area (Å²) in [5.41, 5.74) is 2.43. The molecule has 0 fully saturated rings. The lowest BCUT2D eigenvalue weighted by Gasteiger charge is -2.20. The molecule has 3 nitrogen and oxygen atoms in total. The number of aryl methyl sites for hydroxylation is 1. The number of carbonyl (C=O) groups is 1. The van der Waals surface area contributed by atoms with Gasteiger partial charge < -0.3 is 14.8 Å². The Labute approximate surface area is 96.7 Å². The Morgan fingerprint density at radius 3 is 2.62 bits per heavy atom. The maximum Gasteiger partial charge on any atom is 0.118 e. The van der Waals surface area contributed by atoms with Gasteiger partial charge in [-0.1, -0.05) is 31.2 Å². The largest absolute Gasteiger partial charge is 0.544 e. The Hall–Kier alpha value is -1.35. The van der Waals surface area contributed by atoms with Crippen LogP contribution in [0, 0.1) is 6.92 Å². The molecule has 1 aromatic rings. The van der Waals surface area contributed by atoms with Gasteiger partial charge in [0, 0.05) is 5.56 Å². The topological polar surface area (TPSA) is 44.6 Å².